The Bertz CT molecular complexity index is 977. The molecule has 0 saturated carbocycles. The van der Waals surface area contributed by atoms with E-state index in [1.165, 1.54) is 0 Å². The Morgan fingerprint density at radius 1 is 0.939 bits per heavy atom. The van der Waals surface area contributed by atoms with Crippen LogP contribution in [0.2, 0.25) is 0 Å². The molecule has 2 fully saturated rings. The zero-order valence-corrected chi connectivity index (χ0v) is 19.4. The van der Waals surface area contributed by atoms with Crippen molar-refractivity contribution in [3.8, 4) is 17.2 Å². The maximum Gasteiger partial charge on any atom is 0.325 e. The van der Waals surface area contributed by atoms with Crippen LogP contribution in [-0.4, -0.2) is 68.2 Å². The molecule has 0 bridgehead atoms. The molecule has 0 aromatic heterocycles. The first-order valence-electron chi connectivity index (χ1n) is 11.2. The molecule has 4 rings (SSSR count). The van der Waals surface area contributed by atoms with Gasteiger partial charge in [-0.05, 0) is 24.8 Å². The van der Waals surface area contributed by atoms with Gasteiger partial charge < -0.3 is 19.1 Å². The Morgan fingerprint density at radius 2 is 1.58 bits per heavy atom. The smallest absolute Gasteiger partial charge is 0.325 e. The molecule has 1 N–H and O–H groups in total. The van der Waals surface area contributed by atoms with Crippen molar-refractivity contribution >= 4 is 11.9 Å². The summed E-state index contributed by atoms with van der Waals surface area (Å²) in [6, 6.07) is 13.4. The Morgan fingerprint density at radius 3 is 2.15 bits per heavy atom. The number of benzene rings is 2. The molecule has 2 aliphatic rings. The van der Waals surface area contributed by atoms with E-state index in [0.29, 0.717) is 62.7 Å². The molecule has 2 aromatic rings. The molecule has 2 aliphatic heterocycles. The fourth-order valence-electron chi connectivity index (χ4n) is 4.83. The summed E-state index contributed by atoms with van der Waals surface area (Å²) in [5, 5.41) is 2.55. The molecule has 2 heterocycles. The van der Waals surface area contributed by atoms with Crippen molar-refractivity contribution in [2.45, 2.75) is 31.3 Å². The summed E-state index contributed by atoms with van der Waals surface area (Å²) in [4.78, 5) is 29.5. The molecule has 0 aliphatic carbocycles. The van der Waals surface area contributed by atoms with Gasteiger partial charge in [-0.1, -0.05) is 30.3 Å². The normalized spacial score (nSPS) is 17.8. The van der Waals surface area contributed by atoms with E-state index in [4.69, 9.17) is 14.2 Å². The van der Waals surface area contributed by atoms with Gasteiger partial charge in [0.15, 0.2) is 0 Å². The number of hydrogen-bond donors (Lipinski definition) is 1. The largest absolute Gasteiger partial charge is 0.496 e. The molecule has 0 radical (unpaired) electrons. The molecule has 2 aromatic carbocycles. The summed E-state index contributed by atoms with van der Waals surface area (Å²) in [5.74, 6) is 1.88. The molecule has 3 amide bonds. The van der Waals surface area contributed by atoms with E-state index in [0.717, 1.165) is 11.1 Å². The van der Waals surface area contributed by atoms with E-state index in [2.05, 4.69) is 10.2 Å². The van der Waals surface area contributed by atoms with Gasteiger partial charge in [-0.2, -0.15) is 0 Å². The van der Waals surface area contributed by atoms with E-state index >= 15 is 0 Å². The lowest BCUT2D eigenvalue weighted by atomic mass is 9.85. The topological polar surface area (TPSA) is 80.3 Å². The molecule has 8 heteroatoms. The van der Waals surface area contributed by atoms with Crippen LogP contribution in [0.4, 0.5) is 4.79 Å². The summed E-state index contributed by atoms with van der Waals surface area (Å²) in [7, 11) is 4.86. The highest BCUT2D eigenvalue weighted by atomic mass is 16.5. The minimum atomic E-state index is -0.781. The third-order valence-corrected chi connectivity index (χ3v) is 6.75. The summed E-state index contributed by atoms with van der Waals surface area (Å²) in [6.45, 7) is 2.50. The number of carbonyl (C=O) groups is 2. The lowest BCUT2D eigenvalue weighted by Gasteiger charge is -2.42. The van der Waals surface area contributed by atoms with Gasteiger partial charge in [-0.3, -0.25) is 15.0 Å². The standard InChI is InChI=1S/C25H31N3O5/c1-31-19-15-21(32-2)20(22(16-19)33-3)17-27-13-10-25(11-14-27)23(29)26-24(30)28(25)12-9-18-7-5-4-6-8-18/h4-8,15-16H,9-14,17H2,1-3H3,(H,26,29,30). The molecule has 33 heavy (non-hydrogen) atoms. The van der Waals surface area contributed by atoms with Gasteiger partial charge in [0, 0.05) is 38.3 Å². The van der Waals surface area contributed by atoms with Crippen molar-refractivity contribution in [1.82, 2.24) is 15.1 Å². The molecule has 0 atom stereocenters. The minimum Gasteiger partial charge on any atom is -0.496 e. The van der Waals surface area contributed by atoms with Crippen LogP contribution in [-0.2, 0) is 17.8 Å². The molecular weight excluding hydrogens is 422 g/mol. The predicted octanol–water partition coefficient (Wildman–Crippen LogP) is 2.84. The first-order valence-corrected chi connectivity index (χ1v) is 11.2. The van der Waals surface area contributed by atoms with Crippen molar-refractivity contribution in [2.24, 2.45) is 0 Å². The maximum absolute atomic E-state index is 12.9. The van der Waals surface area contributed by atoms with E-state index in [1.54, 1.807) is 26.2 Å². The first-order chi connectivity index (χ1) is 16.0. The average Bonchev–Trinajstić information content (AvgIpc) is 3.07. The quantitative estimate of drug-likeness (QED) is 0.619. The van der Waals surface area contributed by atoms with Crippen LogP contribution >= 0.6 is 0 Å². The molecule has 176 valence electrons. The molecule has 1 spiro atoms. The van der Waals surface area contributed by atoms with Crippen molar-refractivity contribution in [3.05, 3.63) is 53.6 Å². The van der Waals surface area contributed by atoms with E-state index in [-0.39, 0.29) is 11.9 Å². The minimum absolute atomic E-state index is 0.181. The zero-order chi connectivity index (χ0) is 23.4. The van der Waals surface area contributed by atoms with Crippen molar-refractivity contribution in [3.63, 3.8) is 0 Å². The number of methoxy groups -OCH3 is 3. The molecular formula is C25H31N3O5. The van der Waals surface area contributed by atoms with Crippen molar-refractivity contribution in [1.29, 1.82) is 0 Å². The van der Waals surface area contributed by atoms with Gasteiger partial charge in [-0.15, -0.1) is 0 Å². The molecule has 2 saturated heterocycles. The van der Waals surface area contributed by atoms with Crippen LogP contribution in [0.15, 0.2) is 42.5 Å². The van der Waals surface area contributed by atoms with Gasteiger partial charge in [-0.25, -0.2) is 4.79 Å². The van der Waals surface area contributed by atoms with Gasteiger partial charge in [0.05, 0.1) is 26.9 Å². The number of amides is 3. The second kappa shape index (κ2) is 9.70. The maximum atomic E-state index is 12.9. The SMILES string of the molecule is COc1cc(OC)c(CN2CCC3(CC2)C(=O)NC(=O)N3CCc2ccccc2)c(OC)c1. The van der Waals surface area contributed by atoms with E-state index < -0.39 is 5.54 Å². The first kappa shape index (κ1) is 22.9. The number of likely N-dealkylation sites (tertiary alicyclic amines) is 1. The monoisotopic (exact) mass is 453 g/mol. The number of nitrogens with zero attached hydrogens (tertiary/aromatic N) is 2. The van der Waals surface area contributed by atoms with E-state index in [9.17, 15) is 9.59 Å². The second-order valence-corrected chi connectivity index (χ2v) is 8.46. The van der Waals surface area contributed by atoms with Crippen molar-refractivity contribution < 1.29 is 23.8 Å². The van der Waals surface area contributed by atoms with Crippen LogP contribution in [0.1, 0.15) is 24.0 Å². The molecule has 8 nitrogen and oxygen atoms in total. The zero-order valence-electron chi connectivity index (χ0n) is 19.4. The Labute approximate surface area is 194 Å². The Hall–Kier alpha value is -3.26. The van der Waals surface area contributed by atoms with E-state index in [1.807, 2.05) is 42.5 Å². The highest BCUT2D eigenvalue weighted by molar-refractivity contribution is 6.07. The number of hydrogen-bond acceptors (Lipinski definition) is 6. The van der Waals surface area contributed by atoms with Crippen LogP contribution in [0.5, 0.6) is 17.2 Å². The predicted molar refractivity (Wildman–Crippen MR) is 124 cm³/mol. The lowest BCUT2D eigenvalue weighted by molar-refractivity contribution is -0.129. The number of carbonyl (C=O) groups excluding carboxylic acids is 2. The van der Waals surface area contributed by atoms with Gasteiger partial charge in [0.2, 0.25) is 0 Å². The highest BCUT2D eigenvalue weighted by Crippen LogP contribution is 2.38. The second-order valence-electron chi connectivity index (χ2n) is 8.46. The summed E-state index contributed by atoms with van der Waals surface area (Å²) in [6.07, 6.45) is 1.88. The Balaban J connectivity index is 1.47. The number of rotatable bonds is 8. The number of nitrogens with one attached hydrogen (secondary N) is 1. The highest BCUT2D eigenvalue weighted by Gasteiger charge is 2.53. The third-order valence-electron chi connectivity index (χ3n) is 6.75. The fraction of sp³-hybridized carbons (Fsp3) is 0.440. The Kier molecular flexibility index (Phi) is 6.74. The van der Waals surface area contributed by atoms with Crippen molar-refractivity contribution in [2.75, 3.05) is 41.0 Å². The van der Waals surface area contributed by atoms with Crippen LogP contribution in [0, 0.1) is 0 Å². The van der Waals surface area contributed by atoms with Crippen LogP contribution in [0.25, 0.3) is 0 Å². The number of ether oxygens (including phenoxy) is 3. The molecule has 0 unspecified atom stereocenters. The van der Waals surface area contributed by atoms with Gasteiger partial charge in [0.1, 0.15) is 22.8 Å². The summed E-state index contributed by atoms with van der Waals surface area (Å²) >= 11 is 0. The average molecular weight is 454 g/mol. The van der Waals surface area contributed by atoms with Gasteiger partial charge >= 0.3 is 6.03 Å². The van der Waals surface area contributed by atoms with Crippen LogP contribution < -0.4 is 19.5 Å². The third kappa shape index (κ3) is 4.48. The summed E-state index contributed by atoms with van der Waals surface area (Å²) < 4.78 is 16.5. The number of urea groups is 1. The summed E-state index contributed by atoms with van der Waals surface area (Å²) in [5.41, 5.74) is 1.30. The lowest BCUT2D eigenvalue weighted by Crippen LogP contribution is -2.56. The van der Waals surface area contributed by atoms with Gasteiger partial charge in [0.25, 0.3) is 5.91 Å². The van der Waals surface area contributed by atoms with Crippen LogP contribution in [0.3, 0.4) is 0 Å². The fourth-order valence-corrected chi connectivity index (χ4v) is 4.83. The number of piperidine rings is 1. The number of imide groups is 1.